The molecule has 0 radical (unpaired) electrons. The highest BCUT2D eigenvalue weighted by molar-refractivity contribution is 5.92. The fourth-order valence-corrected chi connectivity index (χ4v) is 3.74. The second-order valence-electron chi connectivity index (χ2n) is 7.45. The Labute approximate surface area is 184 Å². The number of hydrogen-bond acceptors (Lipinski definition) is 5. The smallest absolute Gasteiger partial charge is 0.240 e. The van der Waals surface area contributed by atoms with Crippen LogP contribution in [0.25, 0.3) is 28.1 Å². The molecule has 5 aromatic rings. The van der Waals surface area contributed by atoms with Gasteiger partial charge in [0, 0.05) is 18.8 Å². The first kappa shape index (κ1) is 19.7. The lowest BCUT2D eigenvalue weighted by Gasteiger charge is -2.11. The van der Waals surface area contributed by atoms with Crippen LogP contribution in [0.5, 0.6) is 5.88 Å². The number of halogens is 1. The number of imidazole rings is 2. The van der Waals surface area contributed by atoms with Crippen LogP contribution in [-0.4, -0.2) is 31.2 Å². The molecular weight excluding hydrogens is 407 g/mol. The third kappa shape index (κ3) is 3.45. The van der Waals surface area contributed by atoms with Gasteiger partial charge < -0.3 is 19.2 Å². The number of benzene rings is 2. The molecule has 8 heteroatoms. The number of fused-ring (bicyclic) bond motifs is 1. The maximum atomic E-state index is 13.8. The van der Waals surface area contributed by atoms with E-state index in [2.05, 4.69) is 15.3 Å². The quantitative estimate of drug-likeness (QED) is 0.426. The zero-order chi connectivity index (χ0) is 22.2. The molecule has 1 N–H and O–H groups in total. The maximum absolute atomic E-state index is 13.8. The highest BCUT2D eigenvalue weighted by Gasteiger charge is 2.15. The zero-order valence-corrected chi connectivity index (χ0v) is 17.9. The molecule has 0 saturated carbocycles. The van der Waals surface area contributed by atoms with Gasteiger partial charge in [-0.05, 0) is 43.3 Å². The molecule has 2 aromatic carbocycles. The summed E-state index contributed by atoms with van der Waals surface area (Å²) < 4.78 is 23.1. The van der Waals surface area contributed by atoms with Crippen LogP contribution in [0.3, 0.4) is 0 Å². The summed E-state index contributed by atoms with van der Waals surface area (Å²) in [6.45, 7) is 1.93. The molecule has 0 spiro atoms. The molecular formula is C24H21FN6O. The van der Waals surface area contributed by atoms with Crippen LogP contribution in [-0.2, 0) is 7.05 Å². The van der Waals surface area contributed by atoms with E-state index < -0.39 is 0 Å². The van der Waals surface area contributed by atoms with Gasteiger partial charge in [0.05, 0.1) is 30.3 Å². The second kappa shape index (κ2) is 7.81. The number of para-hydroxylation sites is 1. The summed E-state index contributed by atoms with van der Waals surface area (Å²) in [7, 11) is 3.51. The molecule has 160 valence electrons. The van der Waals surface area contributed by atoms with Crippen LogP contribution in [0.15, 0.2) is 67.1 Å². The summed E-state index contributed by atoms with van der Waals surface area (Å²) in [5, 5.41) is 3.34. The number of hydrogen-bond donors (Lipinski definition) is 1. The van der Waals surface area contributed by atoms with Gasteiger partial charge in [0.2, 0.25) is 5.88 Å². The summed E-state index contributed by atoms with van der Waals surface area (Å²) in [6.07, 6.45) is 3.64. The molecule has 3 heterocycles. The maximum Gasteiger partial charge on any atom is 0.240 e. The van der Waals surface area contributed by atoms with Gasteiger partial charge >= 0.3 is 0 Å². The highest BCUT2D eigenvalue weighted by atomic mass is 19.1. The number of methoxy groups -OCH3 is 1. The van der Waals surface area contributed by atoms with Crippen LogP contribution in [0, 0.1) is 12.7 Å². The van der Waals surface area contributed by atoms with E-state index in [1.165, 1.54) is 12.1 Å². The van der Waals surface area contributed by atoms with Crippen LogP contribution >= 0.6 is 0 Å². The first-order valence-corrected chi connectivity index (χ1v) is 10.1. The summed E-state index contributed by atoms with van der Waals surface area (Å²) >= 11 is 0. The Morgan fingerprint density at radius 3 is 2.62 bits per heavy atom. The van der Waals surface area contributed by atoms with E-state index in [-0.39, 0.29) is 5.82 Å². The Bertz CT molecular complexity index is 1440. The van der Waals surface area contributed by atoms with Crippen molar-refractivity contribution in [2.75, 3.05) is 12.4 Å². The predicted octanol–water partition coefficient (Wildman–Crippen LogP) is 5.02. The summed E-state index contributed by atoms with van der Waals surface area (Å²) in [5.74, 6) is 1.48. The Hall–Kier alpha value is -4.20. The van der Waals surface area contributed by atoms with Crippen LogP contribution < -0.4 is 10.1 Å². The fourth-order valence-electron chi connectivity index (χ4n) is 3.74. The predicted molar refractivity (Wildman–Crippen MR) is 122 cm³/mol. The standard InChI is InChI=1S/C24H21FN6O/c1-15-13-31(14-26-15)20-10-11-21(28-24(20)32-3)27-18-8-5-9-19-22(18)29-23(30(19)2)16-6-4-7-17(25)12-16/h4-14H,1-3H3,(H,27,28). The van der Waals surface area contributed by atoms with Crippen molar-refractivity contribution >= 4 is 22.5 Å². The lowest BCUT2D eigenvalue weighted by Crippen LogP contribution is -2.01. The summed E-state index contributed by atoms with van der Waals surface area (Å²) in [4.78, 5) is 13.7. The molecule has 7 nitrogen and oxygen atoms in total. The van der Waals surface area contributed by atoms with Gasteiger partial charge in [-0.25, -0.2) is 14.4 Å². The molecule has 0 saturated heterocycles. The third-order valence-electron chi connectivity index (χ3n) is 5.28. The third-order valence-corrected chi connectivity index (χ3v) is 5.28. The number of nitrogens with zero attached hydrogens (tertiary/aromatic N) is 5. The van der Waals surface area contributed by atoms with Gasteiger partial charge in [0.25, 0.3) is 0 Å². The average Bonchev–Trinajstić information content (AvgIpc) is 3.38. The van der Waals surface area contributed by atoms with Crippen molar-refractivity contribution in [3.63, 3.8) is 0 Å². The van der Waals surface area contributed by atoms with Crippen LogP contribution in [0.2, 0.25) is 0 Å². The zero-order valence-electron chi connectivity index (χ0n) is 17.9. The monoisotopic (exact) mass is 428 g/mol. The topological polar surface area (TPSA) is 69.8 Å². The number of ether oxygens (including phenoxy) is 1. The van der Waals surface area contributed by atoms with Gasteiger partial charge in [-0.1, -0.05) is 18.2 Å². The minimum absolute atomic E-state index is 0.294. The number of nitrogens with one attached hydrogen (secondary N) is 1. The first-order chi connectivity index (χ1) is 15.5. The van der Waals surface area contributed by atoms with Crippen LogP contribution in [0.4, 0.5) is 15.9 Å². The van der Waals surface area contributed by atoms with Gasteiger partial charge in [0.15, 0.2) is 0 Å². The molecule has 3 aromatic heterocycles. The largest absolute Gasteiger partial charge is 0.479 e. The van der Waals surface area contributed by atoms with Crippen molar-refractivity contribution < 1.29 is 9.13 Å². The van der Waals surface area contributed by atoms with Gasteiger partial charge in [-0.2, -0.15) is 4.98 Å². The number of aryl methyl sites for hydroxylation is 2. The van der Waals surface area contributed by atoms with Crippen molar-refractivity contribution in [1.29, 1.82) is 0 Å². The fraction of sp³-hybridized carbons (Fsp3) is 0.125. The van der Waals surface area contributed by atoms with E-state index in [0.29, 0.717) is 17.5 Å². The molecule has 0 amide bonds. The Balaban J connectivity index is 1.54. The summed E-state index contributed by atoms with van der Waals surface area (Å²) in [5.41, 5.74) is 4.90. The van der Waals surface area contributed by atoms with E-state index in [4.69, 9.17) is 9.72 Å². The van der Waals surface area contributed by atoms with Crippen molar-refractivity contribution in [3.8, 4) is 23.0 Å². The second-order valence-corrected chi connectivity index (χ2v) is 7.45. The summed E-state index contributed by atoms with van der Waals surface area (Å²) in [6, 6.07) is 16.1. The number of pyridine rings is 1. The molecule has 0 aliphatic carbocycles. The minimum Gasteiger partial charge on any atom is -0.479 e. The highest BCUT2D eigenvalue weighted by Crippen LogP contribution is 2.31. The van der Waals surface area contributed by atoms with Crippen molar-refractivity contribution in [2.24, 2.45) is 7.05 Å². The molecule has 0 bridgehead atoms. The Morgan fingerprint density at radius 1 is 1.03 bits per heavy atom. The molecule has 0 atom stereocenters. The van der Waals surface area contributed by atoms with Crippen molar-refractivity contribution in [3.05, 3.63) is 78.6 Å². The van der Waals surface area contributed by atoms with E-state index in [0.717, 1.165) is 33.7 Å². The molecule has 0 fully saturated rings. The Morgan fingerprint density at radius 2 is 1.88 bits per heavy atom. The number of aromatic nitrogens is 5. The lowest BCUT2D eigenvalue weighted by atomic mass is 10.2. The van der Waals surface area contributed by atoms with E-state index in [9.17, 15) is 4.39 Å². The lowest BCUT2D eigenvalue weighted by molar-refractivity contribution is 0.396. The molecule has 0 aliphatic heterocycles. The van der Waals surface area contributed by atoms with Crippen molar-refractivity contribution in [2.45, 2.75) is 6.92 Å². The van der Waals surface area contributed by atoms with Crippen molar-refractivity contribution in [1.82, 2.24) is 24.1 Å². The average molecular weight is 428 g/mol. The van der Waals surface area contributed by atoms with E-state index in [1.54, 1.807) is 19.5 Å². The number of rotatable bonds is 5. The normalized spacial score (nSPS) is 11.1. The molecule has 5 rings (SSSR count). The molecule has 32 heavy (non-hydrogen) atoms. The van der Waals surface area contributed by atoms with Gasteiger partial charge in [0.1, 0.15) is 28.7 Å². The van der Waals surface area contributed by atoms with E-state index in [1.807, 2.05) is 65.7 Å². The Kier molecular flexibility index (Phi) is 4.82. The van der Waals surface area contributed by atoms with Crippen LogP contribution in [0.1, 0.15) is 5.69 Å². The molecule has 0 aliphatic rings. The van der Waals surface area contributed by atoms with Gasteiger partial charge in [-0.15, -0.1) is 0 Å². The SMILES string of the molecule is COc1nc(Nc2cccc3c2nc(-c2cccc(F)c2)n3C)ccc1-n1cnc(C)c1. The minimum atomic E-state index is -0.294. The first-order valence-electron chi connectivity index (χ1n) is 10.1. The molecule has 0 unspecified atom stereocenters. The number of anilines is 2. The van der Waals surface area contributed by atoms with E-state index >= 15 is 0 Å². The van der Waals surface area contributed by atoms with Gasteiger partial charge in [-0.3, -0.25) is 0 Å².